The summed E-state index contributed by atoms with van der Waals surface area (Å²) in [6.45, 7) is 1.90. The predicted molar refractivity (Wildman–Crippen MR) is 65.3 cm³/mol. The highest BCUT2D eigenvalue weighted by Gasteiger charge is 2.12. The Morgan fingerprint density at radius 1 is 1.12 bits per heavy atom. The summed E-state index contributed by atoms with van der Waals surface area (Å²) >= 11 is 0. The molecule has 4 nitrogen and oxygen atoms in total. The van der Waals surface area contributed by atoms with Gasteiger partial charge >= 0.3 is 0 Å². The van der Waals surface area contributed by atoms with Crippen LogP contribution in [-0.2, 0) is 0 Å². The van der Waals surface area contributed by atoms with Gasteiger partial charge in [-0.15, -0.1) is 0 Å². The minimum absolute atomic E-state index is 0.223. The van der Waals surface area contributed by atoms with E-state index in [4.69, 9.17) is 0 Å². The fourth-order valence-corrected chi connectivity index (χ4v) is 1.97. The average molecular weight is 225 g/mol. The molecule has 1 N–H and O–H groups in total. The maximum Gasteiger partial charge on any atom is 0.164 e. The number of rotatable bonds is 1. The normalized spacial score (nSPS) is 10.9. The van der Waals surface area contributed by atoms with Crippen molar-refractivity contribution in [2.45, 2.75) is 6.92 Å². The van der Waals surface area contributed by atoms with E-state index in [1.165, 1.54) is 0 Å². The number of phenolic OH excluding ortho intramolecular Hbond substituents is 1. The zero-order valence-corrected chi connectivity index (χ0v) is 9.33. The molecule has 0 radical (unpaired) electrons. The molecule has 84 valence electrons. The Labute approximate surface area is 98.2 Å². The lowest BCUT2D eigenvalue weighted by Gasteiger charge is -2.07. The highest BCUT2D eigenvalue weighted by Crippen LogP contribution is 2.25. The van der Waals surface area contributed by atoms with Gasteiger partial charge in [0, 0.05) is 6.20 Å². The number of para-hydroxylation sites is 2. The van der Waals surface area contributed by atoms with E-state index >= 15 is 0 Å². The van der Waals surface area contributed by atoms with Gasteiger partial charge in [0.1, 0.15) is 17.1 Å². The molecule has 0 aliphatic heterocycles. The number of phenols is 1. The lowest BCUT2D eigenvalue weighted by atomic mass is 10.3. The first kappa shape index (κ1) is 9.84. The van der Waals surface area contributed by atoms with Crippen molar-refractivity contribution in [3.05, 3.63) is 48.4 Å². The first-order valence-electron chi connectivity index (χ1n) is 5.36. The van der Waals surface area contributed by atoms with Crippen molar-refractivity contribution in [2.24, 2.45) is 0 Å². The van der Waals surface area contributed by atoms with Crippen molar-refractivity contribution in [3.8, 4) is 11.4 Å². The predicted octanol–water partition coefficient (Wildman–Crippen LogP) is 2.43. The standard InChI is InChI=1S/C13H11N3O/c1-9-15-10-5-4-8-14-13(10)16(9)11-6-2-3-7-12(11)17/h2-8,17H,1H3. The van der Waals surface area contributed by atoms with Crippen LogP contribution in [0.5, 0.6) is 5.75 Å². The van der Waals surface area contributed by atoms with Crippen LogP contribution in [0.2, 0.25) is 0 Å². The van der Waals surface area contributed by atoms with Crippen LogP contribution in [0, 0.1) is 6.92 Å². The number of aryl methyl sites for hydroxylation is 1. The molecule has 2 heterocycles. The number of imidazole rings is 1. The summed E-state index contributed by atoms with van der Waals surface area (Å²) < 4.78 is 1.85. The van der Waals surface area contributed by atoms with Crippen LogP contribution >= 0.6 is 0 Å². The average Bonchev–Trinajstić information content (AvgIpc) is 2.66. The van der Waals surface area contributed by atoms with Crippen molar-refractivity contribution in [2.75, 3.05) is 0 Å². The second kappa shape index (κ2) is 3.59. The number of aromatic hydroxyl groups is 1. The molecule has 0 atom stereocenters. The number of aromatic nitrogens is 3. The van der Waals surface area contributed by atoms with Gasteiger partial charge in [0.2, 0.25) is 0 Å². The highest BCUT2D eigenvalue weighted by molar-refractivity contribution is 5.74. The van der Waals surface area contributed by atoms with E-state index in [9.17, 15) is 5.11 Å². The van der Waals surface area contributed by atoms with E-state index in [1.54, 1.807) is 18.3 Å². The maximum absolute atomic E-state index is 9.89. The molecule has 17 heavy (non-hydrogen) atoms. The third-order valence-corrected chi connectivity index (χ3v) is 2.71. The van der Waals surface area contributed by atoms with E-state index in [0.29, 0.717) is 5.69 Å². The molecule has 0 saturated carbocycles. The van der Waals surface area contributed by atoms with Crippen molar-refractivity contribution < 1.29 is 5.11 Å². The second-order valence-corrected chi connectivity index (χ2v) is 3.83. The van der Waals surface area contributed by atoms with Crippen molar-refractivity contribution in [1.82, 2.24) is 14.5 Å². The fraction of sp³-hybridized carbons (Fsp3) is 0.0769. The molecule has 2 aromatic heterocycles. The van der Waals surface area contributed by atoms with E-state index in [-0.39, 0.29) is 5.75 Å². The van der Waals surface area contributed by atoms with Crippen molar-refractivity contribution in [1.29, 1.82) is 0 Å². The molecule has 0 aliphatic carbocycles. The number of pyridine rings is 1. The van der Waals surface area contributed by atoms with Crippen LogP contribution in [0.4, 0.5) is 0 Å². The van der Waals surface area contributed by atoms with Crippen molar-refractivity contribution in [3.63, 3.8) is 0 Å². The van der Waals surface area contributed by atoms with Gasteiger partial charge in [0.15, 0.2) is 5.65 Å². The Morgan fingerprint density at radius 3 is 2.76 bits per heavy atom. The Hall–Kier alpha value is -2.36. The highest BCUT2D eigenvalue weighted by atomic mass is 16.3. The van der Waals surface area contributed by atoms with Crippen molar-refractivity contribution >= 4 is 11.2 Å². The number of fused-ring (bicyclic) bond motifs is 1. The molecule has 3 aromatic rings. The van der Waals surface area contributed by atoms with Gasteiger partial charge in [-0.1, -0.05) is 12.1 Å². The molecule has 4 heteroatoms. The van der Waals surface area contributed by atoms with E-state index in [0.717, 1.165) is 17.0 Å². The topological polar surface area (TPSA) is 50.9 Å². The lowest BCUT2D eigenvalue weighted by Crippen LogP contribution is -1.98. The smallest absolute Gasteiger partial charge is 0.164 e. The number of benzene rings is 1. The molecular weight excluding hydrogens is 214 g/mol. The maximum atomic E-state index is 9.89. The zero-order chi connectivity index (χ0) is 11.8. The van der Waals surface area contributed by atoms with Crippen LogP contribution in [0.25, 0.3) is 16.9 Å². The van der Waals surface area contributed by atoms with Crippen LogP contribution < -0.4 is 0 Å². The van der Waals surface area contributed by atoms with Gasteiger partial charge in [-0.3, -0.25) is 4.57 Å². The third kappa shape index (κ3) is 1.45. The molecule has 0 unspecified atom stereocenters. The monoisotopic (exact) mass is 225 g/mol. The molecular formula is C13H11N3O. The lowest BCUT2D eigenvalue weighted by molar-refractivity contribution is 0.472. The second-order valence-electron chi connectivity index (χ2n) is 3.83. The summed E-state index contributed by atoms with van der Waals surface area (Å²) in [4.78, 5) is 8.73. The summed E-state index contributed by atoms with van der Waals surface area (Å²) in [6.07, 6.45) is 1.72. The van der Waals surface area contributed by atoms with Gasteiger partial charge in [0.05, 0.1) is 5.69 Å². The Balaban J connectivity index is 2.38. The molecule has 0 saturated heterocycles. The molecule has 3 rings (SSSR count). The fourth-order valence-electron chi connectivity index (χ4n) is 1.97. The van der Waals surface area contributed by atoms with Crippen LogP contribution in [0.15, 0.2) is 42.6 Å². The summed E-state index contributed by atoms with van der Waals surface area (Å²) in [5.74, 6) is 1.03. The Kier molecular flexibility index (Phi) is 2.08. The van der Waals surface area contributed by atoms with Crippen LogP contribution in [0.1, 0.15) is 5.82 Å². The van der Waals surface area contributed by atoms with Gasteiger partial charge in [0.25, 0.3) is 0 Å². The third-order valence-electron chi connectivity index (χ3n) is 2.71. The van der Waals surface area contributed by atoms with Crippen LogP contribution in [0.3, 0.4) is 0 Å². The van der Waals surface area contributed by atoms with E-state index in [1.807, 2.05) is 35.8 Å². The minimum atomic E-state index is 0.223. The Morgan fingerprint density at radius 2 is 1.94 bits per heavy atom. The molecule has 0 bridgehead atoms. The number of nitrogens with zero attached hydrogens (tertiary/aromatic N) is 3. The summed E-state index contributed by atoms with van der Waals surface area (Å²) in [5.41, 5.74) is 2.28. The first-order valence-corrected chi connectivity index (χ1v) is 5.36. The summed E-state index contributed by atoms with van der Waals surface area (Å²) in [7, 11) is 0. The number of hydrogen-bond acceptors (Lipinski definition) is 3. The quantitative estimate of drug-likeness (QED) is 0.692. The minimum Gasteiger partial charge on any atom is -0.506 e. The van der Waals surface area contributed by atoms with E-state index < -0.39 is 0 Å². The van der Waals surface area contributed by atoms with Gasteiger partial charge in [-0.05, 0) is 31.2 Å². The van der Waals surface area contributed by atoms with Crippen LogP contribution in [-0.4, -0.2) is 19.6 Å². The SMILES string of the molecule is Cc1nc2cccnc2n1-c1ccccc1O. The molecule has 0 fully saturated rings. The molecule has 0 amide bonds. The van der Waals surface area contributed by atoms with E-state index in [2.05, 4.69) is 9.97 Å². The number of hydrogen-bond donors (Lipinski definition) is 1. The first-order chi connectivity index (χ1) is 8.27. The van der Waals surface area contributed by atoms with Gasteiger partial charge < -0.3 is 5.11 Å². The van der Waals surface area contributed by atoms with Gasteiger partial charge in [-0.25, -0.2) is 9.97 Å². The molecule has 0 spiro atoms. The largest absolute Gasteiger partial charge is 0.506 e. The molecule has 1 aromatic carbocycles. The van der Waals surface area contributed by atoms with Gasteiger partial charge in [-0.2, -0.15) is 0 Å². The zero-order valence-electron chi connectivity index (χ0n) is 9.33. The summed E-state index contributed by atoms with van der Waals surface area (Å²) in [6, 6.07) is 10.9. The Bertz CT molecular complexity index is 688. The molecule has 0 aliphatic rings. The summed E-state index contributed by atoms with van der Waals surface area (Å²) in [5, 5.41) is 9.89.